The highest BCUT2D eigenvalue weighted by Gasteiger charge is 2.21. The number of methoxy groups -OCH3 is 2. The predicted octanol–water partition coefficient (Wildman–Crippen LogP) is 1.92. The van der Waals surface area contributed by atoms with Gasteiger partial charge >= 0.3 is 0 Å². The summed E-state index contributed by atoms with van der Waals surface area (Å²) in [7, 11) is 1.46. The zero-order chi connectivity index (χ0) is 22.4. The van der Waals surface area contributed by atoms with Crippen LogP contribution in [0, 0.1) is 6.92 Å². The van der Waals surface area contributed by atoms with E-state index >= 15 is 0 Å². The Kier molecular flexibility index (Phi) is 7.40. The Hall–Kier alpha value is -2.78. The number of hydrogen-bond acceptors (Lipinski definition) is 5. The summed E-state index contributed by atoms with van der Waals surface area (Å²) < 4.78 is 38.3. The summed E-state index contributed by atoms with van der Waals surface area (Å²) in [4.78, 5) is 6.77. The second-order valence-electron chi connectivity index (χ2n) is 7.33. The van der Waals surface area contributed by atoms with Gasteiger partial charge in [-0.15, -0.1) is 0 Å². The molecular weight excluding hydrogens is 416 g/mol. The normalized spacial score (nSPS) is 14.2. The summed E-state index contributed by atoms with van der Waals surface area (Å²) in [6.07, 6.45) is 0.858. The number of benzene rings is 2. The first-order valence-electron chi connectivity index (χ1n) is 10.1. The molecule has 0 bridgehead atoms. The van der Waals surface area contributed by atoms with Gasteiger partial charge in [-0.25, -0.2) is 13.1 Å². The quantitative estimate of drug-likeness (QED) is 0.384. The van der Waals surface area contributed by atoms with Gasteiger partial charge in [-0.3, -0.25) is 4.99 Å². The molecule has 31 heavy (non-hydrogen) atoms. The molecule has 2 aromatic rings. The van der Waals surface area contributed by atoms with Crippen molar-refractivity contribution in [2.75, 3.05) is 40.9 Å². The van der Waals surface area contributed by atoms with Gasteiger partial charge in [0.1, 0.15) is 0 Å². The second-order valence-corrected chi connectivity index (χ2v) is 9.10. The predicted molar refractivity (Wildman–Crippen MR) is 121 cm³/mol. The molecule has 1 aliphatic rings. The molecule has 0 saturated carbocycles. The highest BCUT2D eigenvalue weighted by Crippen LogP contribution is 2.33. The third kappa shape index (κ3) is 5.48. The van der Waals surface area contributed by atoms with E-state index in [0.717, 1.165) is 35.8 Å². The van der Waals surface area contributed by atoms with E-state index in [1.54, 1.807) is 45.5 Å². The van der Waals surface area contributed by atoms with Gasteiger partial charge in [0.05, 0.1) is 19.1 Å². The van der Waals surface area contributed by atoms with Crippen LogP contribution in [0.25, 0.3) is 0 Å². The number of guanidine groups is 1. The minimum atomic E-state index is -3.53. The number of aliphatic imine (C=N–C) groups is 1. The van der Waals surface area contributed by atoms with Crippen LogP contribution in [0.15, 0.2) is 46.3 Å². The molecule has 9 heteroatoms. The molecule has 1 aliphatic heterocycles. The number of nitrogens with zero attached hydrogens (tertiary/aromatic N) is 2. The molecule has 2 aromatic carbocycles. The lowest BCUT2D eigenvalue weighted by atomic mass is 9.99. The van der Waals surface area contributed by atoms with Gasteiger partial charge in [0.2, 0.25) is 10.0 Å². The number of aryl methyl sites for hydroxylation is 1. The van der Waals surface area contributed by atoms with Crippen LogP contribution in [-0.2, 0) is 23.0 Å². The minimum absolute atomic E-state index is 0.255. The Labute approximate surface area is 184 Å². The van der Waals surface area contributed by atoms with Crippen molar-refractivity contribution in [2.45, 2.75) is 24.8 Å². The fourth-order valence-corrected chi connectivity index (χ4v) is 4.59. The van der Waals surface area contributed by atoms with Crippen molar-refractivity contribution >= 4 is 16.0 Å². The van der Waals surface area contributed by atoms with Gasteiger partial charge in [0.25, 0.3) is 0 Å². The molecular formula is C22H30N4O4S. The Balaban J connectivity index is 1.57. The van der Waals surface area contributed by atoms with Crippen LogP contribution in [0.3, 0.4) is 0 Å². The van der Waals surface area contributed by atoms with Gasteiger partial charge in [-0.1, -0.05) is 17.7 Å². The minimum Gasteiger partial charge on any atom is -0.493 e. The third-order valence-corrected chi connectivity index (χ3v) is 6.74. The number of sulfonamides is 1. The summed E-state index contributed by atoms with van der Waals surface area (Å²) in [5.74, 6) is 2.17. The van der Waals surface area contributed by atoms with Crippen molar-refractivity contribution in [3.63, 3.8) is 0 Å². The van der Waals surface area contributed by atoms with Crippen LogP contribution in [0.4, 0.5) is 0 Å². The van der Waals surface area contributed by atoms with Gasteiger partial charge < -0.3 is 19.7 Å². The van der Waals surface area contributed by atoms with E-state index in [0.29, 0.717) is 18.8 Å². The molecule has 0 aromatic heterocycles. The summed E-state index contributed by atoms with van der Waals surface area (Å²) >= 11 is 0. The van der Waals surface area contributed by atoms with Crippen molar-refractivity contribution in [3.8, 4) is 11.5 Å². The van der Waals surface area contributed by atoms with Gasteiger partial charge in [0.15, 0.2) is 17.5 Å². The molecule has 2 N–H and O–H groups in total. The molecule has 0 saturated heterocycles. The average molecular weight is 447 g/mol. The van der Waals surface area contributed by atoms with Crippen molar-refractivity contribution in [3.05, 3.63) is 53.1 Å². The Bertz CT molecular complexity index is 1040. The first-order chi connectivity index (χ1) is 14.9. The molecule has 0 aliphatic carbocycles. The van der Waals surface area contributed by atoms with Crippen LogP contribution >= 0.6 is 0 Å². The Morgan fingerprint density at radius 1 is 1.06 bits per heavy atom. The summed E-state index contributed by atoms with van der Waals surface area (Å²) in [6.45, 7) is 4.09. The van der Waals surface area contributed by atoms with Gasteiger partial charge in [-0.2, -0.15) is 0 Å². The standard InChI is InChI=1S/C22H30N4O4S/c1-16-5-7-19(8-6-16)31(27,28)25-11-10-24-22(23-2)26-12-9-17-13-20(29-3)21(30-4)14-18(17)15-26/h5-8,13-14,25H,9-12,15H2,1-4H3,(H,23,24). The van der Waals surface area contributed by atoms with Crippen LogP contribution in [-0.4, -0.2) is 60.2 Å². The largest absolute Gasteiger partial charge is 0.493 e. The van der Waals surface area contributed by atoms with E-state index < -0.39 is 10.0 Å². The molecule has 1 heterocycles. The maximum Gasteiger partial charge on any atom is 0.240 e. The van der Waals surface area contributed by atoms with E-state index in [1.807, 2.05) is 19.1 Å². The van der Waals surface area contributed by atoms with E-state index in [1.165, 1.54) is 5.56 Å². The lowest BCUT2D eigenvalue weighted by Gasteiger charge is -2.32. The maximum atomic E-state index is 12.4. The van der Waals surface area contributed by atoms with Crippen molar-refractivity contribution in [1.82, 2.24) is 14.9 Å². The van der Waals surface area contributed by atoms with E-state index in [4.69, 9.17) is 9.47 Å². The Morgan fingerprint density at radius 3 is 2.32 bits per heavy atom. The van der Waals surface area contributed by atoms with Gasteiger partial charge in [0, 0.05) is 33.2 Å². The molecule has 0 fully saturated rings. The molecule has 0 spiro atoms. The summed E-state index contributed by atoms with van der Waals surface area (Å²) in [5.41, 5.74) is 3.41. The van der Waals surface area contributed by atoms with E-state index in [-0.39, 0.29) is 11.4 Å². The van der Waals surface area contributed by atoms with Gasteiger partial charge in [-0.05, 0) is 48.7 Å². The second kappa shape index (κ2) is 10.0. The monoisotopic (exact) mass is 446 g/mol. The highest BCUT2D eigenvalue weighted by atomic mass is 32.2. The fourth-order valence-electron chi connectivity index (χ4n) is 3.56. The van der Waals surface area contributed by atoms with E-state index in [9.17, 15) is 8.42 Å². The van der Waals surface area contributed by atoms with Crippen LogP contribution < -0.4 is 19.5 Å². The first-order valence-corrected chi connectivity index (χ1v) is 11.6. The summed E-state index contributed by atoms with van der Waals surface area (Å²) in [6, 6.07) is 10.8. The lowest BCUT2D eigenvalue weighted by Crippen LogP contribution is -2.46. The van der Waals surface area contributed by atoms with Crippen LogP contribution in [0.1, 0.15) is 16.7 Å². The molecule has 0 unspecified atom stereocenters. The Morgan fingerprint density at radius 2 is 1.71 bits per heavy atom. The summed E-state index contributed by atoms with van der Waals surface area (Å²) in [5, 5.41) is 3.25. The smallest absolute Gasteiger partial charge is 0.240 e. The molecule has 0 radical (unpaired) electrons. The molecule has 0 amide bonds. The molecule has 0 atom stereocenters. The molecule has 3 rings (SSSR count). The molecule has 8 nitrogen and oxygen atoms in total. The highest BCUT2D eigenvalue weighted by molar-refractivity contribution is 7.89. The number of fused-ring (bicyclic) bond motifs is 1. The third-order valence-electron chi connectivity index (χ3n) is 5.26. The zero-order valence-electron chi connectivity index (χ0n) is 18.4. The zero-order valence-corrected chi connectivity index (χ0v) is 19.3. The average Bonchev–Trinajstić information content (AvgIpc) is 2.78. The topological polar surface area (TPSA) is 92.3 Å². The fraction of sp³-hybridized carbons (Fsp3) is 0.409. The maximum absolute atomic E-state index is 12.4. The number of hydrogen-bond donors (Lipinski definition) is 2. The number of nitrogens with one attached hydrogen (secondary N) is 2. The van der Waals surface area contributed by atoms with Crippen molar-refractivity contribution < 1.29 is 17.9 Å². The number of ether oxygens (including phenoxy) is 2. The molecule has 168 valence electrons. The number of rotatable bonds is 7. The first kappa shape index (κ1) is 22.9. The van der Waals surface area contributed by atoms with Crippen molar-refractivity contribution in [1.29, 1.82) is 0 Å². The SMILES string of the molecule is CN=C(NCCNS(=O)(=O)c1ccc(C)cc1)N1CCc2cc(OC)c(OC)cc2C1. The van der Waals surface area contributed by atoms with Crippen molar-refractivity contribution in [2.24, 2.45) is 4.99 Å². The van der Waals surface area contributed by atoms with Crippen LogP contribution in [0.5, 0.6) is 11.5 Å². The van der Waals surface area contributed by atoms with Crippen LogP contribution in [0.2, 0.25) is 0 Å². The van der Waals surface area contributed by atoms with E-state index in [2.05, 4.69) is 19.9 Å². The lowest BCUT2D eigenvalue weighted by molar-refractivity contribution is 0.346.